The molecule has 0 amide bonds. The maximum Gasteiger partial charge on any atom is 0.338 e. The lowest BCUT2D eigenvalue weighted by Gasteiger charge is -2.34. The highest BCUT2D eigenvalue weighted by atomic mass is 32.2. The number of carbonyl (C=O) groups excluding carboxylic acids is 1. The summed E-state index contributed by atoms with van der Waals surface area (Å²) in [5.74, 6) is 0.464. The summed E-state index contributed by atoms with van der Waals surface area (Å²) >= 11 is 0. The number of sulfonamides is 1. The van der Waals surface area contributed by atoms with Gasteiger partial charge in [0, 0.05) is 18.7 Å². The maximum atomic E-state index is 13.4. The fraction of sp³-hybridized carbons (Fsp3) is 0.375. The van der Waals surface area contributed by atoms with Crippen LogP contribution in [0.5, 0.6) is 5.75 Å². The van der Waals surface area contributed by atoms with E-state index in [1.807, 2.05) is 44.2 Å². The van der Waals surface area contributed by atoms with E-state index in [1.165, 1.54) is 29.6 Å². The molecule has 3 aromatic rings. The normalized spacial score (nSPS) is 19.0. The summed E-state index contributed by atoms with van der Waals surface area (Å²) in [6.45, 7) is 4.67. The van der Waals surface area contributed by atoms with Crippen LogP contribution < -0.4 is 4.74 Å². The van der Waals surface area contributed by atoms with Gasteiger partial charge in [0.05, 0.1) is 12.7 Å². The van der Waals surface area contributed by atoms with Gasteiger partial charge in [0.15, 0.2) is 6.61 Å². The SMILES string of the molecule is COc1ccc(C(=O)OCc2nc(-c3ccccc3)no2)cc1S(=O)(=O)N1CC(C)CC(C)C1. The Bertz CT molecular complexity index is 1250. The first-order valence-corrected chi connectivity index (χ1v) is 12.4. The second-order valence-electron chi connectivity index (χ2n) is 8.59. The van der Waals surface area contributed by atoms with Crippen LogP contribution >= 0.6 is 0 Å². The highest BCUT2D eigenvalue weighted by Crippen LogP contribution is 2.32. The lowest BCUT2D eigenvalue weighted by molar-refractivity contribution is 0.0429. The topological polar surface area (TPSA) is 112 Å². The summed E-state index contributed by atoms with van der Waals surface area (Å²) in [6.07, 6.45) is 0.969. The molecule has 2 aromatic carbocycles. The Hall–Kier alpha value is -3.24. The first kappa shape index (κ1) is 23.9. The molecule has 1 aromatic heterocycles. The molecule has 2 unspecified atom stereocenters. The van der Waals surface area contributed by atoms with Crippen molar-refractivity contribution in [3.8, 4) is 17.1 Å². The third-order valence-electron chi connectivity index (χ3n) is 5.68. The summed E-state index contributed by atoms with van der Waals surface area (Å²) < 4.78 is 44.0. The average molecular weight is 486 g/mol. The van der Waals surface area contributed by atoms with Gasteiger partial charge in [-0.3, -0.25) is 0 Å². The number of carbonyl (C=O) groups is 1. The molecule has 0 spiro atoms. The molecule has 34 heavy (non-hydrogen) atoms. The smallest absolute Gasteiger partial charge is 0.338 e. The highest BCUT2D eigenvalue weighted by Gasteiger charge is 2.34. The number of aromatic nitrogens is 2. The van der Waals surface area contributed by atoms with Crippen molar-refractivity contribution >= 4 is 16.0 Å². The first-order valence-electron chi connectivity index (χ1n) is 11.0. The van der Waals surface area contributed by atoms with Crippen LogP contribution in [0.25, 0.3) is 11.4 Å². The fourth-order valence-corrected chi connectivity index (χ4v) is 6.04. The van der Waals surface area contributed by atoms with Crippen molar-refractivity contribution in [2.24, 2.45) is 11.8 Å². The minimum atomic E-state index is -3.86. The second kappa shape index (κ2) is 9.94. The highest BCUT2D eigenvalue weighted by molar-refractivity contribution is 7.89. The Balaban J connectivity index is 1.51. The molecule has 180 valence electrons. The van der Waals surface area contributed by atoms with Crippen molar-refractivity contribution in [2.75, 3.05) is 20.2 Å². The lowest BCUT2D eigenvalue weighted by Crippen LogP contribution is -2.42. The van der Waals surface area contributed by atoms with Gasteiger partial charge < -0.3 is 14.0 Å². The van der Waals surface area contributed by atoms with Crippen LogP contribution in [0.3, 0.4) is 0 Å². The Labute approximate surface area is 198 Å². The predicted octanol–water partition coefficient (Wildman–Crippen LogP) is 3.77. The van der Waals surface area contributed by atoms with Gasteiger partial charge in [-0.25, -0.2) is 13.2 Å². The molecule has 1 aliphatic heterocycles. The number of piperidine rings is 1. The maximum absolute atomic E-state index is 13.4. The predicted molar refractivity (Wildman–Crippen MR) is 124 cm³/mol. The zero-order valence-electron chi connectivity index (χ0n) is 19.3. The van der Waals surface area contributed by atoms with Gasteiger partial charge in [-0.15, -0.1) is 0 Å². The number of nitrogens with zero attached hydrogens (tertiary/aromatic N) is 3. The summed E-state index contributed by atoms with van der Waals surface area (Å²) in [5.41, 5.74) is 0.857. The molecular formula is C24H27N3O6S. The Morgan fingerprint density at radius 1 is 1.12 bits per heavy atom. The first-order chi connectivity index (χ1) is 16.3. The van der Waals surface area contributed by atoms with Crippen molar-refractivity contribution in [2.45, 2.75) is 31.8 Å². The molecule has 0 N–H and O–H groups in total. The third kappa shape index (κ3) is 5.13. The van der Waals surface area contributed by atoms with Crippen molar-refractivity contribution in [1.29, 1.82) is 0 Å². The molecule has 1 fully saturated rings. The summed E-state index contributed by atoms with van der Waals surface area (Å²) in [6, 6.07) is 13.5. The van der Waals surface area contributed by atoms with E-state index in [1.54, 1.807) is 0 Å². The van der Waals surface area contributed by atoms with Crippen LogP contribution in [0.4, 0.5) is 0 Å². The molecule has 2 atom stereocenters. The van der Waals surface area contributed by atoms with Crippen molar-refractivity contribution in [3.05, 3.63) is 60.0 Å². The number of esters is 1. The molecule has 4 rings (SSSR count). The van der Waals surface area contributed by atoms with Crippen LogP contribution in [-0.4, -0.2) is 49.0 Å². The van der Waals surface area contributed by atoms with Crippen molar-refractivity contribution in [3.63, 3.8) is 0 Å². The number of methoxy groups -OCH3 is 1. The molecule has 1 saturated heterocycles. The van der Waals surface area contributed by atoms with Crippen LogP contribution in [-0.2, 0) is 21.4 Å². The fourth-order valence-electron chi connectivity index (χ4n) is 4.17. The molecule has 1 aliphatic rings. The van der Waals surface area contributed by atoms with E-state index in [9.17, 15) is 13.2 Å². The Kier molecular flexibility index (Phi) is 6.99. The molecule has 10 heteroatoms. The largest absolute Gasteiger partial charge is 0.495 e. The molecule has 0 saturated carbocycles. The molecule has 0 bridgehead atoms. The van der Waals surface area contributed by atoms with Crippen LogP contribution in [0.15, 0.2) is 57.9 Å². The van der Waals surface area contributed by atoms with Gasteiger partial charge in [-0.1, -0.05) is 49.3 Å². The molecular weight excluding hydrogens is 458 g/mol. The van der Waals surface area contributed by atoms with E-state index in [0.717, 1.165) is 12.0 Å². The second-order valence-corrected chi connectivity index (χ2v) is 10.5. The van der Waals surface area contributed by atoms with E-state index in [-0.39, 0.29) is 40.5 Å². The van der Waals surface area contributed by atoms with E-state index >= 15 is 0 Å². The molecule has 0 aliphatic carbocycles. The summed E-state index contributed by atoms with van der Waals surface area (Å²) in [7, 11) is -2.46. The van der Waals surface area contributed by atoms with Crippen LogP contribution in [0.2, 0.25) is 0 Å². The third-order valence-corrected chi connectivity index (χ3v) is 7.53. The molecule has 2 heterocycles. The lowest BCUT2D eigenvalue weighted by atomic mass is 9.94. The van der Waals surface area contributed by atoms with E-state index < -0.39 is 16.0 Å². The minimum Gasteiger partial charge on any atom is -0.495 e. The standard InChI is InChI=1S/C24H27N3O6S/c1-16-11-17(2)14-27(13-16)34(29,30)21-12-19(9-10-20(21)31-3)24(28)32-15-22-25-23(26-33-22)18-7-5-4-6-8-18/h4-10,12,16-17H,11,13-15H2,1-3H3. The van der Waals surface area contributed by atoms with Crippen LogP contribution in [0.1, 0.15) is 36.5 Å². The van der Waals surface area contributed by atoms with Gasteiger partial charge in [0.2, 0.25) is 15.8 Å². The summed E-state index contributed by atoms with van der Waals surface area (Å²) in [5, 5.41) is 3.89. The van der Waals surface area contributed by atoms with Crippen molar-refractivity contribution in [1.82, 2.24) is 14.4 Å². The van der Waals surface area contributed by atoms with Gasteiger partial charge >= 0.3 is 5.97 Å². The van der Waals surface area contributed by atoms with E-state index in [4.69, 9.17) is 14.0 Å². The number of hydrogen-bond donors (Lipinski definition) is 0. The Morgan fingerprint density at radius 3 is 2.50 bits per heavy atom. The van der Waals surface area contributed by atoms with Crippen LogP contribution in [0, 0.1) is 11.8 Å². The Morgan fingerprint density at radius 2 is 1.82 bits per heavy atom. The van der Waals surface area contributed by atoms with E-state index in [0.29, 0.717) is 18.9 Å². The minimum absolute atomic E-state index is 0.0603. The average Bonchev–Trinajstić information content (AvgIpc) is 3.31. The zero-order chi connectivity index (χ0) is 24.3. The number of benzene rings is 2. The van der Waals surface area contributed by atoms with Gasteiger partial charge in [-0.05, 0) is 36.5 Å². The molecule has 9 nitrogen and oxygen atoms in total. The van der Waals surface area contributed by atoms with Gasteiger partial charge in [0.1, 0.15) is 10.6 Å². The quantitative estimate of drug-likeness (QED) is 0.465. The summed E-state index contributed by atoms with van der Waals surface area (Å²) in [4.78, 5) is 16.9. The van der Waals surface area contributed by atoms with Gasteiger partial charge in [-0.2, -0.15) is 9.29 Å². The van der Waals surface area contributed by atoms with Gasteiger partial charge in [0.25, 0.3) is 5.89 Å². The van der Waals surface area contributed by atoms with E-state index in [2.05, 4.69) is 10.1 Å². The number of rotatable bonds is 7. The monoisotopic (exact) mass is 485 g/mol. The molecule has 0 radical (unpaired) electrons. The number of ether oxygens (including phenoxy) is 2. The number of hydrogen-bond acceptors (Lipinski definition) is 8. The van der Waals surface area contributed by atoms with Crippen molar-refractivity contribution < 1.29 is 27.2 Å². The zero-order valence-corrected chi connectivity index (χ0v) is 20.1.